The molecular formula is C21H17ClFN5O3S. The Bertz CT molecular complexity index is 1460. The topological polar surface area (TPSA) is 111 Å². The van der Waals surface area contributed by atoms with Crippen LogP contribution in [0.5, 0.6) is 0 Å². The Morgan fingerprint density at radius 2 is 2.00 bits per heavy atom. The van der Waals surface area contributed by atoms with Gasteiger partial charge < -0.3 is 11.1 Å². The minimum Gasteiger partial charge on any atom is -0.384 e. The number of pyridine rings is 1. The Morgan fingerprint density at radius 3 is 2.69 bits per heavy atom. The molecule has 0 saturated carbocycles. The number of thiazole rings is 1. The number of nitrogens with zero attached hydrogens (tertiary/aromatic N) is 3. The minimum atomic E-state index is -0.603. The monoisotopic (exact) mass is 473 g/mol. The van der Waals surface area contributed by atoms with Crippen LogP contribution < -0.4 is 22.3 Å². The Kier molecular flexibility index (Phi) is 5.81. The number of fused-ring (bicyclic) bond motifs is 1. The SMILES string of the molecule is Cc1c(=O)n(Cc2ccc(F)c(Cl)c2)c(=O)n2cc(C(=O)NCc3ccc(N)nc3)sc12. The van der Waals surface area contributed by atoms with Crippen molar-refractivity contribution in [2.75, 3.05) is 5.73 Å². The molecule has 0 spiro atoms. The standard InChI is InChI=1S/C21H17ClFN5O3S/c1-11-19(30)27(9-12-2-4-15(23)14(22)6-12)21(31)28-10-16(32-20(11)28)18(29)26-8-13-3-5-17(24)25-7-13/h2-7,10H,8-9H2,1H3,(H2,24,25)(H,26,29). The highest BCUT2D eigenvalue weighted by molar-refractivity contribution is 7.19. The minimum absolute atomic E-state index is 0.0804. The zero-order valence-electron chi connectivity index (χ0n) is 16.8. The number of benzene rings is 1. The largest absolute Gasteiger partial charge is 0.384 e. The zero-order chi connectivity index (χ0) is 23.0. The van der Waals surface area contributed by atoms with Gasteiger partial charge in [0, 0.05) is 24.5 Å². The van der Waals surface area contributed by atoms with E-state index in [0.717, 1.165) is 21.5 Å². The van der Waals surface area contributed by atoms with Crippen molar-refractivity contribution < 1.29 is 9.18 Å². The highest BCUT2D eigenvalue weighted by atomic mass is 35.5. The predicted molar refractivity (Wildman–Crippen MR) is 121 cm³/mol. The number of nitrogens with one attached hydrogen (secondary N) is 1. The van der Waals surface area contributed by atoms with Gasteiger partial charge in [-0.2, -0.15) is 0 Å². The number of hydrogen-bond donors (Lipinski definition) is 2. The lowest BCUT2D eigenvalue weighted by molar-refractivity contribution is 0.0954. The molecule has 8 nitrogen and oxygen atoms in total. The van der Waals surface area contributed by atoms with E-state index in [1.54, 1.807) is 25.3 Å². The van der Waals surface area contributed by atoms with E-state index >= 15 is 0 Å². The number of halogens is 2. The summed E-state index contributed by atoms with van der Waals surface area (Å²) in [6.45, 7) is 1.73. The van der Waals surface area contributed by atoms with Crippen LogP contribution in [0.2, 0.25) is 5.02 Å². The molecule has 0 bridgehead atoms. The van der Waals surface area contributed by atoms with Gasteiger partial charge in [0.2, 0.25) is 0 Å². The third-order valence-electron chi connectivity index (χ3n) is 4.84. The molecule has 164 valence electrons. The molecule has 0 saturated heterocycles. The summed E-state index contributed by atoms with van der Waals surface area (Å²) in [6, 6.07) is 7.37. The number of rotatable bonds is 5. The summed E-state index contributed by atoms with van der Waals surface area (Å²) in [4.78, 5) is 43.0. The fourth-order valence-electron chi connectivity index (χ4n) is 3.14. The molecule has 0 aliphatic rings. The van der Waals surface area contributed by atoms with Gasteiger partial charge in [-0.3, -0.25) is 18.6 Å². The van der Waals surface area contributed by atoms with E-state index < -0.39 is 23.0 Å². The number of aromatic nitrogens is 3. The number of nitrogen functional groups attached to an aromatic ring is 1. The summed E-state index contributed by atoms with van der Waals surface area (Å²) >= 11 is 6.86. The lowest BCUT2D eigenvalue weighted by Gasteiger charge is -2.08. The first-order chi connectivity index (χ1) is 15.2. The molecule has 0 aliphatic heterocycles. The number of carbonyl (C=O) groups excluding carboxylic acids is 1. The molecule has 1 aromatic carbocycles. The molecule has 3 heterocycles. The number of hydrogen-bond acceptors (Lipinski definition) is 6. The zero-order valence-corrected chi connectivity index (χ0v) is 18.3. The highest BCUT2D eigenvalue weighted by Gasteiger charge is 2.18. The van der Waals surface area contributed by atoms with E-state index in [4.69, 9.17) is 17.3 Å². The molecule has 11 heteroatoms. The van der Waals surface area contributed by atoms with Crippen LogP contribution in [0.3, 0.4) is 0 Å². The van der Waals surface area contributed by atoms with Crippen molar-refractivity contribution in [3.63, 3.8) is 0 Å². The van der Waals surface area contributed by atoms with Gasteiger partial charge in [-0.1, -0.05) is 23.7 Å². The number of anilines is 1. The molecule has 4 rings (SSSR count). The van der Waals surface area contributed by atoms with Gasteiger partial charge in [0.15, 0.2) is 0 Å². The molecule has 3 N–H and O–H groups in total. The summed E-state index contributed by atoms with van der Waals surface area (Å²) in [6.07, 6.45) is 2.96. The number of amides is 1. The fraction of sp³-hybridized carbons (Fsp3) is 0.143. The van der Waals surface area contributed by atoms with Crippen LogP contribution >= 0.6 is 22.9 Å². The third kappa shape index (κ3) is 4.14. The highest BCUT2D eigenvalue weighted by Crippen LogP contribution is 2.19. The molecular weight excluding hydrogens is 457 g/mol. The molecule has 0 radical (unpaired) electrons. The van der Waals surface area contributed by atoms with Gasteiger partial charge in [-0.15, -0.1) is 11.3 Å². The third-order valence-corrected chi connectivity index (χ3v) is 6.34. The van der Waals surface area contributed by atoms with Gasteiger partial charge in [0.1, 0.15) is 21.3 Å². The molecule has 0 atom stereocenters. The van der Waals surface area contributed by atoms with Gasteiger partial charge in [-0.25, -0.2) is 14.2 Å². The van der Waals surface area contributed by atoms with E-state index in [1.807, 2.05) is 0 Å². The molecule has 4 aromatic rings. The Morgan fingerprint density at radius 1 is 1.25 bits per heavy atom. The van der Waals surface area contributed by atoms with E-state index in [2.05, 4.69) is 10.3 Å². The Labute approximate surface area is 189 Å². The van der Waals surface area contributed by atoms with Gasteiger partial charge in [-0.05, 0) is 36.2 Å². The van der Waals surface area contributed by atoms with E-state index in [9.17, 15) is 18.8 Å². The smallest absolute Gasteiger partial charge is 0.336 e. The Balaban J connectivity index is 1.65. The summed E-state index contributed by atoms with van der Waals surface area (Å²) < 4.78 is 15.7. The van der Waals surface area contributed by atoms with Crippen LogP contribution in [0.4, 0.5) is 10.2 Å². The first-order valence-corrected chi connectivity index (χ1v) is 10.6. The van der Waals surface area contributed by atoms with E-state index in [-0.39, 0.29) is 23.0 Å². The van der Waals surface area contributed by atoms with Crippen molar-refractivity contribution in [1.82, 2.24) is 19.3 Å². The first kappa shape index (κ1) is 21.7. The predicted octanol–water partition coefficient (Wildman–Crippen LogP) is 2.58. The molecule has 3 aromatic heterocycles. The van der Waals surface area contributed by atoms with Crippen molar-refractivity contribution in [3.8, 4) is 0 Å². The quantitative estimate of drug-likeness (QED) is 0.462. The molecule has 0 unspecified atom stereocenters. The molecule has 0 aliphatic carbocycles. The van der Waals surface area contributed by atoms with E-state index in [1.165, 1.54) is 28.8 Å². The normalized spacial score (nSPS) is 11.1. The summed E-state index contributed by atoms with van der Waals surface area (Å²) in [5.74, 6) is -0.600. The van der Waals surface area contributed by atoms with Crippen LogP contribution in [0.25, 0.3) is 4.83 Å². The second kappa shape index (κ2) is 8.56. The van der Waals surface area contributed by atoms with Crippen LogP contribution in [-0.2, 0) is 13.1 Å². The Hall–Kier alpha value is -3.50. The summed E-state index contributed by atoms with van der Waals surface area (Å²) in [5.41, 5.74) is 6.05. The average Bonchev–Trinajstić information content (AvgIpc) is 3.23. The second-order valence-corrected chi connectivity index (χ2v) is 8.53. The second-order valence-electron chi connectivity index (χ2n) is 7.09. The molecule has 1 amide bonds. The van der Waals surface area contributed by atoms with Crippen LogP contribution in [-0.4, -0.2) is 19.9 Å². The van der Waals surface area contributed by atoms with Gasteiger partial charge in [0.25, 0.3) is 11.5 Å². The molecule has 32 heavy (non-hydrogen) atoms. The van der Waals surface area contributed by atoms with Crippen molar-refractivity contribution in [3.05, 3.63) is 96.0 Å². The molecule has 0 fully saturated rings. The average molecular weight is 474 g/mol. The van der Waals surface area contributed by atoms with Crippen LogP contribution in [0, 0.1) is 12.7 Å². The number of aryl methyl sites for hydroxylation is 1. The number of carbonyl (C=O) groups is 1. The van der Waals surface area contributed by atoms with Crippen LogP contribution in [0.1, 0.15) is 26.4 Å². The maximum atomic E-state index is 13.4. The first-order valence-electron chi connectivity index (χ1n) is 9.42. The summed E-state index contributed by atoms with van der Waals surface area (Å²) in [7, 11) is 0. The van der Waals surface area contributed by atoms with Crippen LogP contribution in [0.15, 0.2) is 52.3 Å². The van der Waals surface area contributed by atoms with Gasteiger partial charge in [0.05, 0.1) is 11.6 Å². The lowest BCUT2D eigenvalue weighted by atomic mass is 10.2. The number of nitrogens with two attached hydrogens (primary N) is 1. The van der Waals surface area contributed by atoms with Crippen molar-refractivity contribution in [2.24, 2.45) is 0 Å². The van der Waals surface area contributed by atoms with Crippen molar-refractivity contribution in [2.45, 2.75) is 20.0 Å². The maximum absolute atomic E-state index is 13.4. The maximum Gasteiger partial charge on any atom is 0.336 e. The summed E-state index contributed by atoms with van der Waals surface area (Å²) in [5, 5.41) is 2.66. The van der Waals surface area contributed by atoms with Crippen molar-refractivity contribution in [1.29, 1.82) is 0 Å². The van der Waals surface area contributed by atoms with Gasteiger partial charge >= 0.3 is 5.69 Å². The van der Waals surface area contributed by atoms with Crippen molar-refractivity contribution >= 4 is 39.5 Å². The fourth-order valence-corrected chi connectivity index (χ4v) is 4.34. The van der Waals surface area contributed by atoms with E-state index in [0.29, 0.717) is 21.8 Å². The lowest BCUT2D eigenvalue weighted by Crippen LogP contribution is -2.38.